The Morgan fingerprint density at radius 1 is 0.735 bits per heavy atom. The third kappa shape index (κ3) is 5.91. The van der Waals surface area contributed by atoms with Gasteiger partial charge in [-0.05, 0) is 53.1 Å². The summed E-state index contributed by atoms with van der Waals surface area (Å²) in [5.41, 5.74) is 2.78. The van der Waals surface area contributed by atoms with Gasteiger partial charge in [0.25, 0.3) is 0 Å². The Balaban J connectivity index is 1.52. The second kappa shape index (κ2) is 10.7. The van der Waals surface area contributed by atoms with Gasteiger partial charge in [0.05, 0.1) is 4.90 Å². The molecule has 0 aliphatic carbocycles. The third-order valence-corrected chi connectivity index (χ3v) is 7.21. The van der Waals surface area contributed by atoms with Crippen LogP contribution in [-0.4, -0.2) is 25.2 Å². The summed E-state index contributed by atoms with van der Waals surface area (Å²) >= 11 is 5.91. The molecule has 0 aliphatic rings. The molecule has 0 bridgehead atoms. The Hall–Kier alpha value is -3.45. The predicted molar refractivity (Wildman–Crippen MR) is 133 cm³/mol. The van der Waals surface area contributed by atoms with E-state index < -0.39 is 22.5 Å². The predicted octanol–water partition coefficient (Wildman–Crippen LogP) is 5.80. The van der Waals surface area contributed by atoms with E-state index in [-0.39, 0.29) is 11.4 Å². The smallest absolute Gasteiger partial charge is 0.326 e. The second-order valence-electron chi connectivity index (χ2n) is 7.58. The maximum atomic E-state index is 13.3. The van der Waals surface area contributed by atoms with Crippen LogP contribution in [0.5, 0.6) is 5.75 Å². The molecule has 0 fully saturated rings. The van der Waals surface area contributed by atoms with Crippen LogP contribution in [0.1, 0.15) is 5.56 Å². The summed E-state index contributed by atoms with van der Waals surface area (Å²) in [4.78, 5) is 12.8. The Bertz CT molecular complexity index is 1340. The number of benzene rings is 4. The maximum Gasteiger partial charge on any atom is 0.326 e. The topological polar surface area (TPSA) is 63.7 Å². The molecule has 0 atom stereocenters. The summed E-state index contributed by atoms with van der Waals surface area (Å²) in [6.45, 7) is -0.422. The first-order valence-electron chi connectivity index (χ1n) is 10.6. The molecule has 0 aliphatic heterocycles. The molecule has 0 heterocycles. The Kier molecular flexibility index (Phi) is 7.43. The van der Waals surface area contributed by atoms with Gasteiger partial charge in [-0.25, -0.2) is 8.42 Å². The summed E-state index contributed by atoms with van der Waals surface area (Å²) < 4.78 is 33.2. The first-order chi connectivity index (χ1) is 16.4. The molecule has 5 nitrogen and oxygen atoms in total. The molecule has 0 aromatic heterocycles. The zero-order valence-electron chi connectivity index (χ0n) is 18.2. The van der Waals surface area contributed by atoms with E-state index in [0.717, 1.165) is 21.0 Å². The standard InChI is InChI=1S/C27H22ClNO4S/c28-24-13-17-26(18-14-24)34(31,32)29(19-21-7-3-1-4-8-21)20-27(30)33-25-15-11-23(12-16-25)22-9-5-2-6-10-22/h1-18H,19-20H2. The molecule has 0 radical (unpaired) electrons. The number of esters is 1. The number of rotatable bonds is 8. The van der Waals surface area contributed by atoms with Gasteiger partial charge in [-0.3, -0.25) is 4.79 Å². The quantitative estimate of drug-likeness (QED) is 0.231. The summed E-state index contributed by atoms with van der Waals surface area (Å²) in [5.74, 6) is -0.339. The minimum atomic E-state index is -3.97. The molecule has 0 saturated carbocycles. The molecule has 4 aromatic rings. The molecule has 4 rings (SSSR count). The molecular formula is C27H22ClNO4S. The van der Waals surface area contributed by atoms with E-state index in [2.05, 4.69) is 0 Å². The van der Waals surface area contributed by atoms with Crippen LogP contribution in [-0.2, 0) is 21.4 Å². The van der Waals surface area contributed by atoms with Crippen LogP contribution in [0.25, 0.3) is 11.1 Å². The number of nitrogens with zero attached hydrogens (tertiary/aromatic N) is 1. The van der Waals surface area contributed by atoms with Crippen LogP contribution in [0.15, 0.2) is 114 Å². The van der Waals surface area contributed by atoms with Crippen molar-refractivity contribution in [1.29, 1.82) is 0 Å². The molecular weight excluding hydrogens is 470 g/mol. The average Bonchev–Trinajstić information content (AvgIpc) is 2.85. The SMILES string of the molecule is O=C(CN(Cc1ccccc1)S(=O)(=O)c1ccc(Cl)cc1)Oc1ccc(-c2ccccc2)cc1. The van der Waals surface area contributed by atoms with Gasteiger partial charge in [0.15, 0.2) is 0 Å². The lowest BCUT2D eigenvalue weighted by Crippen LogP contribution is -2.37. The second-order valence-corrected chi connectivity index (χ2v) is 9.95. The van der Waals surface area contributed by atoms with E-state index in [0.29, 0.717) is 10.8 Å². The van der Waals surface area contributed by atoms with Crippen LogP contribution in [0.3, 0.4) is 0 Å². The van der Waals surface area contributed by atoms with E-state index >= 15 is 0 Å². The highest BCUT2D eigenvalue weighted by Crippen LogP contribution is 2.23. The number of carbonyl (C=O) groups is 1. The normalized spacial score (nSPS) is 11.4. The van der Waals surface area contributed by atoms with Crippen molar-refractivity contribution in [3.05, 3.63) is 120 Å². The highest BCUT2D eigenvalue weighted by molar-refractivity contribution is 7.89. The number of hydrogen-bond acceptors (Lipinski definition) is 4. The van der Waals surface area contributed by atoms with Gasteiger partial charge < -0.3 is 4.74 Å². The molecule has 0 N–H and O–H groups in total. The van der Waals surface area contributed by atoms with Crippen molar-refractivity contribution in [3.63, 3.8) is 0 Å². The zero-order valence-corrected chi connectivity index (χ0v) is 19.7. The average molecular weight is 492 g/mol. The van der Waals surface area contributed by atoms with Crippen molar-refractivity contribution in [3.8, 4) is 16.9 Å². The van der Waals surface area contributed by atoms with Crippen molar-refractivity contribution in [1.82, 2.24) is 4.31 Å². The lowest BCUT2D eigenvalue weighted by atomic mass is 10.1. The summed E-state index contributed by atoms with van der Waals surface area (Å²) in [7, 11) is -3.97. The number of sulfonamides is 1. The van der Waals surface area contributed by atoms with Crippen LogP contribution >= 0.6 is 11.6 Å². The fraction of sp³-hybridized carbons (Fsp3) is 0.0741. The maximum absolute atomic E-state index is 13.3. The largest absolute Gasteiger partial charge is 0.426 e. The minimum absolute atomic E-state index is 0.0217. The molecule has 0 amide bonds. The van der Waals surface area contributed by atoms with E-state index in [1.165, 1.54) is 24.3 Å². The molecule has 0 spiro atoms. The van der Waals surface area contributed by atoms with Crippen molar-refractivity contribution < 1.29 is 17.9 Å². The van der Waals surface area contributed by atoms with Crippen molar-refractivity contribution in [2.24, 2.45) is 0 Å². The number of hydrogen-bond donors (Lipinski definition) is 0. The van der Waals surface area contributed by atoms with Gasteiger partial charge in [-0.15, -0.1) is 0 Å². The fourth-order valence-electron chi connectivity index (χ4n) is 3.42. The first kappa shape index (κ1) is 23.7. The highest BCUT2D eigenvalue weighted by Gasteiger charge is 2.27. The van der Waals surface area contributed by atoms with Crippen LogP contribution in [0, 0.1) is 0 Å². The minimum Gasteiger partial charge on any atom is -0.426 e. The summed E-state index contributed by atoms with van der Waals surface area (Å²) in [5, 5.41) is 0.423. The molecule has 34 heavy (non-hydrogen) atoms. The lowest BCUT2D eigenvalue weighted by molar-refractivity contribution is -0.134. The Morgan fingerprint density at radius 2 is 1.29 bits per heavy atom. The van der Waals surface area contributed by atoms with Gasteiger partial charge >= 0.3 is 5.97 Å². The van der Waals surface area contributed by atoms with Crippen LogP contribution in [0.4, 0.5) is 0 Å². The molecule has 4 aromatic carbocycles. The molecule has 0 unspecified atom stereocenters. The van der Waals surface area contributed by atoms with Gasteiger partial charge in [0.2, 0.25) is 10.0 Å². The van der Waals surface area contributed by atoms with E-state index in [4.69, 9.17) is 16.3 Å². The van der Waals surface area contributed by atoms with Gasteiger partial charge in [0, 0.05) is 11.6 Å². The Morgan fingerprint density at radius 3 is 1.91 bits per heavy atom. The third-order valence-electron chi connectivity index (χ3n) is 5.15. The van der Waals surface area contributed by atoms with Crippen molar-refractivity contribution >= 4 is 27.6 Å². The van der Waals surface area contributed by atoms with Gasteiger partial charge in [-0.1, -0.05) is 84.4 Å². The molecule has 0 saturated heterocycles. The van der Waals surface area contributed by atoms with Crippen LogP contribution in [0.2, 0.25) is 5.02 Å². The van der Waals surface area contributed by atoms with Crippen molar-refractivity contribution in [2.45, 2.75) is 11.4 Å². The molecule has 7 heteroatoms. The van der Waals surface area contributed by atoms with Gasteiger partial charge in [-0.2, -0.15) is 4.31 Å². The van der Waals surface area contributed by atoms with Crippen molar-refractivity contribution in [2.75, 3.05) is 6.54 Å². The van der Waals surface area contributed by atoms with E-state index in [1.54, 1.807) is 24.3 Å². The first-order valence-corrected chi connectivity index (χ1v) is 12.4. The summed E-state index contributed by atoms with van der Waals surface area (Å²) in [6.07, 6.45) is 0. The van der Waals surface area contributed by atoms with Gasteiger partial charge in [0.1, 0.15) is 12.3 Å². The fourth-order valence-corrected chi connectivity index (χ4v) is 4.92. The molecule has 172 valence electrons. The van der Waals surface area contributed by atoms with E-state index in [9.17, 15) is 13.2 Å². The number of halogens is 1. The van der Waals surface area contributed by atoms with Crippen LogP contribution < -0.4 is 4.74 Å². The zero-order chi connectivity index (χ0) is 24.0. The van der Waals surface area contributed by atoms with E-state index in [1.807, 2.05) is 60.7 Å². The monoisotopic (exact) mass is 491 g/mol. The number of ether oxygens (including phenoxy) is 1. The lowest BCUT2D eigenvalue weighted by Gasteiger charge is -2.21. The summed E-state index contributed by atoms with van der Waals surface area (Å²) in [6, 6.07) is 31.8. The number of carbonyl (C=O) groups excluding carboxylic acids is 1. The Labute approximate surface area is 204 Å². The highest BCUT2D eigenvalue weighted by atomic mass is 35.5.